The Bertz CT molecular complexity index is 739. The molecule has 104 valence electrons. The fraction of sp³-hybridized carbons (Fsp3) is 0.0714. The lowest BCUT2D eigenvalue weighted by Gasteiger charge is -2.09. The molecule has 2 rings (SSSR count). The van der Waals surface area contributed by atoms with E-state index in [0.29, 0.717) is 0 Å². The van der Waals surface area contributed by atoms with Gasteiger partial charge in [-0.05, 0) is 36.4 Å². The van der Waals surface area contributed by atoms with Crippen molar-refractivity contribution in [2.45, 2.75) is 9.79 Å². The van der Waals surface area contributed by atoms with Crippen LogP contribution in [0.25, 0.3) is 0 Å². The first kappa shape index (κ1) is 14.2. The lowest BCUT2D eigenvalue weighted by atomic mass is 10.2. The minimum atomic E-state index is -3.45. The Hall–Kier alpha value is -2.21. The van der Waals surface area contributed by atoms with Crippen molar-refractivity contribution in [3.8, 4) is 0 Å². The average Bonchev–Trinajstić information content (AvgIpc) is 2.47. The zero-order chi connectivity index (χ0) is 14.8. The van der Waals surface area contributed by atoms with Gasteiger partial charge in [0.15, 0.2) is 0 Å². The minimum absolute atomic E-state index is 0.134. The van der Waals surface area contributed by atoms with Gasteiger partial charge in [0.05, 0.1) is 22.5 Å². The molecule has 0 saturated carbocycles. The highest BCUT2D eigenvalue weighted by Gasteiger charge is 2.18. The fourth-order valence-corrected chi connectivity index (χ4v) is 3.09. The zero-order valence-corrected chi connectivity index (χ0v) is 11.4. The van der Waals surface area contributed by atoms with Gasteiger partial charge in [0.25, 0.3) is 0 Å². The molecule has 0 aliphatic heterocycles. The van der Waals surface area contributed by atoms with Crippen LogP contribution in [0, 0.1) is 10.6 Å². The van der Waals surface area contributed by atoms with Gasteiger partial charge in [-0.25, -0.2) is 18.2 Å². The van der Waals surface area contributed by atoms with Gasteiger partial charge < -0.3 is 4.74 Å². The standard InChI is InChI=1S/C14H12FNO3S/c1-19-14(17)10-6-8-11(9-7-10)20(16,18)13-5-3-2-4-12(13)15/h2-9,16H,1H3. The monoisotopic (exact) mass is 293 g/mol. The summed E-state index contributed by atoms with van der Waals surface area (Å²) in [6.45, 7) is 0. The van der Waals surface area contributed by atoms with Crippen LogP contribution in [0.1, 0.15) is 10.4 Å². The van der Waals surface area contributed by atoms with E-state index in [-0.39, 0.29) is 15.4 Å². The number of rotatable bonds is 3. The van der Waals surface area contributed by atoms with Crippen molar-refractivity contribution < 1.29 is 18.1 Å². The Kier molecular flexibility index (Phi) is 3.85. The van der Waals surface area contributed by atoms with E-state index in [2.05, 4.69) is 4.74 Å². The Morgan fingerprint density at radius 2 is 1.75 bits per heavy atom. The second kappa shape index (κ2) is 5.42. The van der Waals surface area contributed by atoms with Crippen molar-refractivity contribution in [2.24, 2.45) is 0 Å². The largest absolute Gasteiger partial charge is 0.465 e. The first-order valence-corrected chi connectivity index (χ1v) is 7.24. The molecule has 20 heavy (non-hydrogen) atoms. The van der Waals surface area contributed by atoms with E-state index in [1.54, 1.807) is 0 Å². The maximum atomic E-state index is 13.7. The van der Waals surface area contributed by atoms with Gasteiger partial charge in [0, 0.05) is 0 Å². The fourth-order valence-electron chi connectivity index (χ4n) is 1.71. The molecule has 1 unspecified atom stereocenters. The maximum Gasteiger partial charge on any atom is 0.337 e. The number of ether oxygens (including phenoxy) is 1. The average molecular weight is 293 g/mol. The van der Waals surface area contributed by atoms with Gasteiger partial charge in [0.1, 0.15) is 15.5 Å². The smallest absolute Gasteiger partial charge is 0.337 e. The summed E-state index contributed by atoms with van der Waals surface area (Å²) in [6, 6.07) is 11.0. The van der Waals surface area contributed by atoms with E-state index in [0.717, 1.165) is 6.07 Å². The lowest BCUT2D eigenvalue weighted by Crippen LogP contribution is -2.05. The number of hydrogen-bond acceptors (Lipinski definition) is 4. The van der Waals surface area contributed by atoms with Gasteiger partial charge in [-0.2, -0.15) is 0 Å². The van der Waals surface area contributed by atoms with Crippen molar-refractivity contribution >= 4 is 15.7 Å². The highest BCUT2D eigenvalue weighted by Crippen LogP contribution is 2.24. The third kappa shape index (κ3) is 2.55. The lowest BCUT2D eigenvalue weighted by molar-refractivity contribution is 0.0600. The van der Waals surface area contributed by atoms with E-state index in [9.17, 15) is 13.4 Å². The first-order chi connectivity index (χ1) is 9.46. The maximum absolute atomic E-state index is 13.7. The topological polar surface area (TPSA) is 67.2 Å². The molecule has 0 fully saturated rings. The van der Waals surface area contributed by atoms with E-state index in [1.165, 1.54) is 49.6 Å². The first-order valence-electron chi connectivity index (χ1n) is 5.68. The second-order valence-corrected chi connectivity index (χ2v) is 6.03. The molecular formula is C14H12FNO3S. The molecule has 2 aromatic rings. The molecule has 2 aromatic carbocycles. The molecule has 0 heterocycles. The van der Waals surface area contributed by atoms with Crippen LogP contribution in [0.4, 0.5) is 4.39 Å². The molecular weight excluding hydrogens is 281 g/mol. The van der Waals surface area contributed by atoms with E-state index in [4.69, 9.17) is 4.78 Å². The quantitative estimate of drug-likeness (QED) is 0.884. The molecule has 0 spiro atoms. The molecule has 0 aliphatic rings. The Morgan fingerprint density at radius 3 is 2.30 bits per heavy atom. The summed E-state index contributed by atoms with van der Waals surface area (Å²) in [4.78, 5) is 11.3. The number of halogens is 1. The normalized spacial score (nSPS) is 13.5. The molecule has 4 nitrogen and oxygen atoms in total. The summed E-state index contributed by atoms with van der Waals surface area (Å²) in [6.07, 6.45) is 0. The second-order valence-electron chi connectivity index (χ2n) is 4.00. The zero-order valence-electron chi connectivity index (χ0n) is 10.6. The molecule has 0 bridgehead atoms. The number of esters is 1. The van der Waals surface area contributed by atoms with Crippen LogP contribution in [0.5, 0.6) is 0 Å². The number of hydrogen-bond donors (Lipinski definition) is 1. The SMILES string of the molecule is COC(=O)c1ccc(S(=N)(=O)c2ccccc2F)cc1. The van der Waals surface area contributed by atoms with Gasteiger partial charge in [-0.1, -0.05) is 12.1 Å². The predicted molar refractivity (Wildman–Crippen MR) is 71.6 cm³/mol. The van der Waals surface area contributed by atoms with Crippen LogP contribution in [-0.2, 0) is 14.5 Å². The number of carbonyl (C=O) groups is 1. The number of benzene rings is 2. The molecule has 0 saturated heterocycles. The third-order valence-corrected chi connectivity index (χ3v) is 4.64. The van der Waals surface area contributed by atoms with Crippen LogP contribution in [0.2, 0.25) is 0 Å². The van der Waals surface area contributed by atoms with E-state index in [1.807, 2.05) is 0 Å². The van der Waals surface area contributed by atoms with Crippen LogP contribution in [0.15, 0.2) is 58.3 Å². The van der Waals surface area contributed by atoms with Gasteiger partial charge in [-0.15, -0.1) is 0 Å². The number of methoxy groups -OCH3 is 1. The predicted octanol–water partition coefficient (Wildman–Crippen LogP) is 3.08. The van der Waals surface area contributed by atoms with Gasteiger partial charge in [0.2, 0.25) is 0 Å². The molecule has 6 heteroatoms. The van der Waals surface area contributed by atoms with Gasteiger partial charge in [-0.3, -0.25) is 0 Å². The van der Waals surface area contributed by atoms with Crippen LogP contribution in [0.3, 0.4) is 0 Å². The van der Waals surface area contributed by atoms with Crippen LogP contribution in [-0.4, -0.2) is 17.3 Å². The molecule has 0 aromatic heterocycles. The molecule has 0 aliphatic carbocycles. The van der Waals surface area contributed by atoms with Crippen molar-refractivity contribution in [3.63, 3.8) is 0 Å². The molecule has 0 radical (unpaired) electrons. The summed E-state index contributed by atoms with van der Waals surface area (Å²) in [5.74, 6) is -1.22. The van der Waals surface area contributed by atoms with Crippen LogP contribution < -0.4 is 0 Å². The Morgan fingerprint density at radius 1 is 1.15 bits per heavy atom. The van der Waals surface area contributed by atoms with Gasteiger partial charge >= 0.3 is 5.97 Å². The highest BCUT2D eigenvalue weighted by atomic mass is 32.2. The number of nitrogens with one attached hydrogen (secondary N) is 1. The van der Waals surface area contributed by atoms with E-state index < -0.39 is 21.5 Å². The summed E-state index contributed by atoms with van der Waals surface area (Å²) < 4.78 is 38.6. The van der Waals surface area contributed by atoms with Crippen molar-refractivity contribution in [2.75, 3.05) is 7.11 Å². The number of carbonyl (C=O) groups excluding carboxylic acids is 1. The third-order valence-electron chi connectivity index (χ3n) is 2.75. The molecule has 1 N–H and O–H groups in total. The van der Waals surface area contributed by atoms with Crippen molar-refractivity contribution in [1.29, 1.82) is 4.78 Å². The van der Waals surface area contributed by atoms with Crippen molar-refractivity contribution in [1.82, 2.24) is 0 Å². The Labute approximate surface area is 116 Å². The summed E-state index contributed by atoms with van der Waals surface area (Å²) in [5, 5.41) is 0. The summed E-state index contributed by atoms with van der Waals surface area (Å²) in [7, 11) is -2.19. The van der Waals surface area contributed by atoms with E-state index >= 15 is 0 Å². The highest BCUT2D eigenvalue weighted by molar-refractivity contribution is 7.92. The molecule has 1 atom stereocenters. The summed E-state index contributed by atoms with van der Waals surface area (Å²) >= 11 is 0. The summed E-state index contributed by atoms with van der Waals surface area (Å²) in [5.41, 5.74) is 0.278. The molecule has 0 amide bonds. The minimum Gasteiger partial charge on any atom is -0.465 e. The van der Waals surface area contributed by atoms with Crippen molar-refractivity contribution in [3.05, 3.63) is 59.9 Å². The van der Waals surface area contributed by atoms with Crippen LogP contribution >= 0.6 is 0 Å². The Balaban J connectivity index is 2.46.